The van der Waals surface area contributed by atoms with Crippen molar-refractivity contribution in [3.05, 3.63) is 99.7 Å². The number of aliphatic hydroxyl groups is 1. The maximum absolute atomic E-state index is 14.2. The first-order valence-electron chi connectivity index (χ1n) is 24.0. The van der Waals surface area contributed by atoms with Crippen molar-refractivity contribution in [2.75, 3.05) is 44.9 Å². The van der Waals surface area contributed by atoms with Gasteiger partial charge in [-0.3, -0.25) is 14.9 Å². The Morgan fingerprint density at radius 2 is 1.78 bits per heavy atom. The molecule has 4 heterocycles. The van der Waals surface area contributed by atoms with Crippen LogP contribution in [0.5, 0.6) is 23.1 Å². The lowest BCUT2D eigenvalue weighted by Crippen LogP contribution is -2.54. The summed E-state index contributed by atoms with van der Waals surface area (Å²) in [6.07, 6.45) is 8.53. The van der Waals surface area contributed by atoms with Crippen molar-refractivity contribution < 1.29 is 42.2 Å². The third-order valence-electron chi connectivity index (χ3n) is 14.6. The quantitative estimate of drug-likeness (QED) is 0.0537. The van der Waals surface area contributed by atoms with Crippen LogP contribution < -0.4 is 29.1 Å². The Kier molecular flexibility index (Phi) is 13.9. The van der Waals surface area contributed by atoms with E-state index in [0.29, 0.717) is 43.7 Å². The number of anilines is 1. The number of nitrogens with zero attached hydrogens (tertiary/aromatic N) is 3. The van der Waals surface area contributed by atoms with Crippen LogP contribution in [0, 0.1) is 21.4 Å². The molecule has 1 saturated heterocycles. The summed E-state index contributed by atoms with van der Waals surface area (Å²) in [6.45, 7) is 11.3. The molecule has 3 aromatic carbocycles. The van der Waals surface area contributed by atoms with Crippen LogP contribution in [0.1, 0.15) is 113 Å². The molecule has 2 aromatic heterocycles. The van der Waals surface area contributed by atoms with Gasteiger partial charge in [-0.25, -0.2) is 13.1 Å². The van der Waals surface area contributed by atoms with E-state index in [0.717, 1.165) is 68.8 Å². The highest BCUT2D eigenvalue weighted by molar-refractivity contribution is 8.00. The zero-order valence-corrected chi connectivity index (χ0v) is 41.4. The molecule has 4 aliphatic rings. The molecular weight excluding hydrogens is 921 g/mol. The second-order valence-corrected chi connectivity index (χ2v) is 22.6. The fourth-order valence-corrected chi connectivity index (χ4v) is 13.0. The molecule has 4 N–H and O–H groups in total. The number of nitro groups is 1. The first-order valence-corrected chi connectivity index (χ1v) is 26.3. The number of hydrogen-bond acceptors (Lipinski definition) is 14. The van der Waals surface area contributed by atoms with E-state index in [1.165, 1.54) is 42.1 Å². The van der Waals surface area contributed by atoms with Gasteiger partial charge in [0.2, 0.25) is 0 Å². The van der Waals surface area contributed by atoms with Crippen LogP contribution in [0.3, 0.4) is 0 Å². The fourth-order valence-electron chi connectivity index (χ4n) is 10.7. The SMILES string of the molecule is CCOC[C@@H](NC1CC2(CCN(c3ccc(C(=O)NS(=O)(=O)c4cc5c(c([N+](=O)[O-])c4)S[C@@H]([C@H]4CC[C@](C)(O)CC4)CO5)c(Oc4cc5cc[nH]c5nc4OC)c3)CC2)C1)c1ccccc1C(C)C. The fraction of sp³-hybridized carbons (Fsp3) is 0.490. The molecule has 368 valence electrons. The van der Waals surface area contributed by atoms with E-state index in [1.807, 2.05) is 19.9 Å². The molecule has 18 heteroatoms. The maximum atomic E-state index is 14.2. The smallest absolute Gasteiger partial charge is 0.288 e. The molecule has 0 unspecified atom stereocenters. The van der Waals surface area contributed by atoms with Gasteiger partial charge in [-0.15, -0.1) is 11.8 Å². The van der Waals surface area contributed by atoms with E-state index in [-0.39, 0.29) is 62.8 Å². The largest absolute Gasteiger partial charge is 0.491 e. The van der Waals surface area contributed by atoms with Gasteiger partial charge in [-0.05, 0) is 118 Å². The molecule has 1 spiro atoms. The number of nitrogens with one attached hydrogen (secondary N) is 3. The van der Waals surface area contributed by atoms with Gasteiger partial charge in [0.25, 0.3) is 27.5 Å². The van der Waals surface area contributed by atoms with E-state index in [4.69, 9.17) is 18.9 Å². The molecule has 2 aliphatic carbocycles. The van der Waals surface area contributed by atoms with Crippen molar-refractivity contribution >= 4 is 50.1 Å². The number of aromatic nitrogens is 2. The standard InChI is InChI=1S/C51H62N6O10S2/c1-6-65-29-40(38-10-8-7-9-37(38)31(2)3)53-34-27-51(28-34)18-21-56(22-19-51)35-11-12-39(42(24-35)67-44-23-33-15-20-52-47(33)54-49(44)64-5)48(58)55-69(62,63)36-25-41(57(60)61)46-43(26-36)66-30-45(68-46)32-13-16-50(4,59)17-14-32/h7-12,15,20,23-26,31-32,34,40,45,53,59H,6,13-14,16-19,21-22,27-30H2,1-5H3,(H,52,54)(H,55,58)/t32-,40-,45-,50-/m1/s1. The highest BCUT2D eigenvalue weighted by Crippen LogP contribution is 2.52. The van der Waals surface area contributed by atoms with E-state index in [9.17, 15) is 28.4 Å². The van der Waals surface area contributed by atoms with Crippen LogP contribution in [0.4, 0.5) is 11.4 Å². The minimum absolute atomic E-state index is 0.0596. The summed E-state index contributed by atoms with van der Waals surface area (Å²) in [5.41, 5.74) is 2.94. The summed E-state index contributed by atoms with van der Waals surface area (Å²) in [4.78, 5) is 35.6. The highest BCUT2D eigenvalue weighted by atomic mass is 32.2. The topological polar surface area (TPSA) is 207 Å². The maximum Gasteiger partial charge on any atom is 0.288 e. The Hall–Kier alpha value is -5.40. The average Bonchev–Trinajstić information content (AvgIpc) is 3.79. The monoisotopic (exact) mass is 982 g/mol. The molecule has 2 aliphatic heterocycles. The molecule has 5 aromatic rings. The third kappa shape index (κ3) is 10.4. The Balaban J connectivity index is 0.929. The van der Waals surface area contributed by atoms with Gasteiger partial charge in [0.1, 0.15) is 28.6 Å². The van der Waals surface area contributed by atoms with Gasteiger partial charge in [-0.2, -0.15) is 4.98 Å². The Morgan fingerprint density at radius 1 is 1.04 bits per heavy atom. The predicted octanol–water partition coefficient (Wildman–Crippen LogP) is 9.42. The van der Waals surface area contributed by atoms with Crippen molar-refractivity contribution in [3.63, 3.8) is 0 Å². The van der Waals surface area contributed by atoms with Crippen LogP contribution >= 0.6 is 11.8 Å². The van der Waals surface area contributed by atoms with E-state index >= 15 is 0 Å². The summed E-state index contributed by atoms with van der Waals surface area (Å²) in [5.74, 6) is 0.0502. The lowest BCUT2D eigenvalue weighted by molar-refractivity contribution is -0.388. The van der Waals surface area contributed by atoms with E-state index in [2.05, 4.69) is 63.0 Å². The zero-order valence-electron chi connectivity index (χ0n) is 39.8. The lowest BCUT2D eigenvalue weighted by atomic mass is 9.60. The van der Waals surface area contributed by atoms with Crippen molar-refractivity contribution in [3.8, 4) is 23.1 Å². The summed E-state index contributed by atoms with van der Waals surface area (Å²) >= 11 is 1.30. The number of H-pyrrole nitrogens is 1. The van der Waals surface area contributed by atoms with Crippen LogP contribution in [0.25, 0.3) is 11.0 Å². The summed E-state index contributed by atoms with van der Waals surface area (Å²) in [6, 6.07) is 19.9. The van der Waals surface area contributed by atoms with Gasteiger partial charge in [0.15, 0.2) is 5.75 Å². The molecular formula is C51H62N6O10S2. The minimum atomic E-state index is -4.69. The molecule has 2 atom stereocenters. The number of fused-ring (bicyclic) bond motifs is 2. The van der Waals surface area contributed by atoms with Crippen LogP contribution in [0.2, 0.25) is 0 Å². The number of nitro benzene ring substituents is 1. The van der Waals surface area contributed by atoms with Crippen LogP contribution in [0.15, 0.2) is 82.7 Å². The number of pyridine rings is 1. The van der Waals surface area contributed by atoms with Gasteiger partial charge in [-0.1, -0.05) is 38.1 Å². The second kappa shape index (κ2) is 19.8. The predicted molar refractivity (Wildman–Crippen MR) is 264 cm³/mol. The van der Waals surface area contributed by atoms with Crippen LogP contribution in [-0.4, -0.2) is 91.2 Å². The molecule has 0 bridgehead atoms. The Morgan fingerprint density at radius 3 is 2.48 bits per heavy atom. The first kappa shape index (κ1) is 48.6. The highest BCUT2D eigenvalue weighted by Gasteiger charge is 2.47. The summed E-state index contributed by atoms with van der Waals surface area (Å²) in [7, 11) is -3.23. The van der Waals surface area contributed by atoms with Crippen molar-refractivity contribution in [2.24, 2.45) is 11.3 Å². The van der Waals surface area contributed by atoms with Crippen LogP contribution in [-0.2, 0) is 14.8 Å². The van der Waals surface area contributed by atoms with E-state index < -0.39 is 37.0 Å². The number of ether oxygens (including phenoxy) is 4. The molecule has 1 amide bonds. The number of methoxy groups -OCH3 is 1. The Labute approximate surface area is 407 Å². The second-order valence-electron chi connectivity index (χ2n) is 19.7. The number of carbonyl (C=O) groups excluding carboxylic acids is 1. The number of amides is 1. The van der Waals surface area contributed by atoms with Crippen molar-refractivity contribution in [1.82, 2.24) is 20.0 Å². The van der Waals surface area contributed by atoms with Gasteiger partial charge < -0.3 is 39.3 Å². The molecule has 3 fully saturated rings. The first-order chi connectivity index (χ1) is 33.0. The van der Waals surface area contributed by atoms with Crippen molar-refractivity contribution in [1.29, 1.82) is 0 Å². The molecule has 2 saturated carbocycles. The number of aromatic amines is 1. The number of carbonyl (C=O) groups is 1. The Bertz CT molecular complexity index is 2810. The van der Waals surface area contributed by atoms with Gasteiger partial charge in [0.05, 0.1) is 40.7 Å². The number of benzene rings is 3. The average molecular weight is 983 g/mol. The molecule has 16 nitrogen and oxygen atoms in total. The van der Waals surface area contributed by atoms with Crippen molar-refractivity contribution in [2.45, 2.75) is 118 Å². The number of rotatable bonds is 16. The molecule has 9 rings (SSSR count). The zero-order chi connectivity index (χ0) is 48.7. The number of hydrogen-bond donors (Lipinski definition) is 4. The number of sulfonamides is 1. The normalized spacial score (nSPS) is 21.9. The van der Waals surface area contributed by atoms with Gasteiger partial charge in [0, 0.05) is 66.5 Å². The molecule has 69 heavy (non-hydrogen) atoms. The van der Waals surface area contributed by atoms with E-state index in [1.54, 1.807) is 24.4 Å². The van der Waals surface area contributed by atoms with Gasteiger partial charge >= 0.3 is 0 Å². The summed E-state index contributed by atoms with van der Waals surface area (Å²) in [5, 5.41) is 27.5. The third-order valence-corrected chi connectivity index (χ3v) is 17.4. The summed E-state index contributed by atoms with van der Waals surface area (Å²) < 4.78 is 54.3. The lowest BCUT2D eigenvalue weighted by Gasteiger charge is -2.53. The molecule has 0 radical (unpaired) electrons. The minimum Gasteiger partial charge on any atom is -0.491 e. The number of thioether (sulfide) groups is 1. The number of piperidine rings is 1.